The summed E-state index contributed by atoms with van der Waals surface area (Å²) in [7, 11) is 1.90. The van der Waals surface area contributed by atoms with Crippen LogP contribution < -0.4 is 5.32 Å². The molecule has 5 nitrogen and oxygen atoms in total. The van der Waals surface area contributed by atoms with Crippen molar-refractivity contribution >= 4 is 17.2 Å². The molecule has 0 unspecified atom stereocenters. The summed E-state index contributed by atoms with van der Waals surface area (Å²) >= 11 is 1.64. The molecule has 0 saturated carbocycles. The van der Waals surface area contributed by atoms with E-state index in [9.17, 15) is 4.79 Å². The predicted molar refractivity (Wildman–Crippen MR) is 79.6 cm³/mol. The Hall–Kier alpha value is -1.69. The molecular weight excluding hydrogens is 272 g/mol. The fourth-order valence-corrected chi connectivity index (χ4v) is 2.77. The van der Waals surface area contributed by atoms with Crippen LogP contribution in [0.25, 0.3) is 0 Å². The molecule has 0 aliphatic heterocycles. The van der Waals surface area contributed by atoms with Gasteiger partial charge in [0.2, 0.25) is 5.91 Å². The van der Waals surface area contributed by atoms with Crippen LogP contribution in [0.5, 0.6) is 0 Å². The molecule has 1 N–H and O–H groups in total. The molecule has 2 aromatic heterocycles. The van der Waals surface area contributed by atoms with E-state index in [0.29, 0.717) is 6.42 Å². The number of aromatic nitrogens is 3. The van der Waals surface area contributed by atoms with E-state index in [-0.39, 0.29) is 11.9 Å². The van der Waals surface area contributed by atoms with Gasteiger partial charge in [0, 0.05) is 36.3 Å². The van der Waals surface area contributed by atoms with Gasteiger partial charge in [0.05, 0.1) is 17.2 Å². The first-order chi connectivity index (χ1) is 9.58. The van der Waals surface area contributed by atoms with Crippen molar-refractivity contribution in [3.05, 3.63) is 34.0 Å². The lowest BCUT2D eigenvalue weighted by molar-refractivity contribution is -0.121. The van der Waals surface area contributed by atoms with Crippen LogP contribution in [0.15, 0.2) is 17.8 Å². The van der Waals surface area contributed by atoms with E-state index in [1.165, 1.54) is 0 Å². The normalized spacial score (nSPS) is 12.3. The van der Waals surface area contributed by atoms with Crippen molar-refractivity contribution in [2.45, 2.75) is 39.2 Å². The van der Waals surface area contributed by atoms with E-state index in [4.69, 9.17) is 0 Å². The average Bonchev–Trinajstić information content (AvgIpc) is 3.01. The lowest BCUT2D eigenvalue weighted by Gasteiger charge is -2.13. The van der Waals surface area contributed by atoms with E-state index < -0.39 is 0 Å². The number of aryl methyl sites for hydroxylation is 2. The number of hydrogen-bond donors (Lipinski definition) is 1. The number of thiazole rings is 1. The third-order valence-electron chi connectivity index (χ3n) is 3.40. The van der Waals surface area contributed by atoms with Crippen LogP contribution in [0.3, 0.4) is 0 Å². The summed E-state index contributed by atoms with van der Waals surface area (Å²) in [6.45, 7) is 4.00. The summed E-state index contributed by atoms with van der Waals surface area (Å²) in [5.74, 6) is 0.0808. The summed E-state index contributed by atoms with van der Waals surface area (Å²) in [6, 6.07) is -0.00365. The number of nitrogens with one attached hydrogen (secondary N) is 1. The summed E-state index contributed by atoms with van der Waals surface area (Å²) < 4.78 is 1.82. The smallest absolute Gasteiger partial charge is 0.220 e. The molecule has 0 saturated heterocycles. The Morgan fingerprint density at radius 1 is 1.55 bits per heavy atom. The van der Waals surface area contributed by atoms with Gasteiger partial charge in [-0.05, 0) is 26.7 Å². The molecule has 0 radical (unpaired) electrons. The van der Waals surface area contributed by atoms with Crippen molar-refractivity contribution in [2.75, 3.05) is 0 Å². The molecule has 108 valence electrons. The van der Waals surface area contributed by atoms with Gasteiger partial charge in [-0.1, -0.05) is 0 Å². The summed E-state index contributed by atoms with van der Waals surface area (Å²) in [5, 5.41) is 10.3. The van der Waals surface area contributed by atoms with Gasteiger partial charge in [0.25, 0.3) is 0 Å². The minimum absolute atomic E-state index is 0.00365. The van der Waals surface area contributed by atoms with Crippen molar-refractivity contribution in [3.8, 4) is 0 Å². The van der Waals surface area contributed by atoms with Gasteiger partial charge in [0.15, 0.2) is 0 Å². The zero-order chi connectivity index (χ0) is 14.5. The molecule has 0 aliphatic rings. The maximum absolute atomic E-state index is 11.9. The Labute approximate surface area is 123 Å². The van der Waals surface area contributed by atoms with Gasteiger partial charge in [-0.3, -0.25) is 9.48 Å². The second-order valence-electron chi connectivity index (χ2n) is 4.88. The highest BCUT2D eigenvalue weighted by molar-refractivity contribution is 7.09. The molecule has 0 aliphatic carbocycles. The topological polar surface area (TPSA) is 59.8 Å². The molecule has 0 bridgehead atoms. The highest BCUT2D eigenvalue weighted by atomic mass is 32.1. The minimum atomic E-state index is -0.00365. The Morgan fingerprint density at radius 3 is 2.95 bits per heavy atom. The largest absolute Gasteiger partial charge is 0.349 e. The Morgan fingerprint density at radius 2 is 2.35 bits per heavy atom. The number of carbonyl (C=O) groups excluding carboxylic acids is 1. The van der Waals surface area contributed by atoms with Gasteiger partial charge in [-0.2, -0.15) is 5.10 Å². The maximum Gasteiger partial charge on any atom is 0.220 e. The van der Waals surface area contributed by atoms with Crippen LogP contribution in [0.1, 0.15) is 42.1 Å². The fourth-order valence-electron chi connectivity index (χ4n) is 2.11. The Kier molecular flexibility index (Phi) is 4.89. The quantitative estimate of drug-likeness (QED) is 0.889. The highest BCUT2D eigenvalue weighted by Crippen LogP contribution is 2.16. The van der Waals surface area contributed by atoms with Crippen molar-refractivity contribution in [3.63, 3.8) is 0 Å². The van der Waals surface area contributed by atoms with E-state index in [2.05, 4.69) is 15.4 Å². The third kappa shape index (κ3) is 3.66. The van der Waals surface area contributed by atoms with Crippen molar-refractivity contribution < 1.29 is 4.79 Å². The number of nitrogens with zero attached hydrogens (tertiary/aromatic N) is 3. The van der Waals surface area contributed by atoms with Gasteiger partial charge in [-0.15, -0.1) is 11.3 Å². The van der Waals surface area contributed by atoms with Crippen LogP contribution in [0, 0.1) is 6.92 Å². The van der Waals surface area contributed by atoms with Gasteiger partial charge in [-0.25, -0.2) is 4.98 Å². The second-order valence-corrected chi connectivity index (χ2v) is 5.86. The van der Waals surface area contributed by atoms with Crippen LogP contribution in [-0.4, -0.2) is 20.7 Å². The van der Waals surface area contributed by atoms with E-state index in [1.54, 1.807) is 17.5 Å². The summed E-state index contributed by atoms with van der Waals surface area (Å²) in [4.78, 5) is 16.1. The number of carbonyl (C=O) groups is 1. The highest BCUT2D eigenvalue weighted by Gasteiger charge is 2.14. The van der Waals surface area contributed by atoms with E-state index in [0.717, 1.165) is 29.1 Å². The van der Waals surface area contributed by atoms with Crippen LogP contribution in [0.2, 0.25) is 0 Å². The second kappa shape index (κ2) is 6.65. The number of rotatable bonds is 6. The van der Waals surface area contributed by atoms with Gasteiger partial charge < -0.3 is 5.32 Å². The lowest BCUT2D eigenvalue weighted by Crippen LogP contribution is -2.26. The molecule has 0 fully saturated rings. The molecule has 6 heteroatoms. The Balaban J connectivity index is 1.78. The van der Waals surface area contributed by atoms with E-state index >= 15 is 0 Å². The molecule has 2 rings (SSSR count). The zero-order valence-electron chi connectivity index (χ0n) is 12.1. The van der Waals surface area contributed by atoms with Gasteiger partial charge in [0.1, 0.15) is 0 Å². The zero-order valence-corrected chi connectivity index (χ0v) is 12.9. The van der Waals surface area contributed by atoms with Gasteiger partial charge >= 0.3 is 0 Å². The summed E-state index contributed by atoms with van der Waals surface area (Å²) in [6.07, 6.45) is 5.84. The predicted octanol–water partition coefficient (Wildman–Crippen LogP) is 2.39. The van der Waals surface area contributed by atoms with Crippen LogP contribution in [-0.2, 0) is 18.3 Å². The molecule has 2 aromatic rings. The molecule has 0 spiro atoms. The van der Waals surface area contributed by atoms with Crippen molar-refractivity contribution in [1.82, 2.24) is 20.1 Å². The molecule has 2 heterocycles. The SMILES string of the molecule is Cc1c([C@@H](C)NC(=O)CCCc2nccs2)cnn1C. The number of amides is 1. The molecule has 1 amide bonds. The van der Waals surface area contributed by atoms with Crippen molar-refractivity contribution in [1.29, 1.82) is 0 Å². The Bertz CT molecular complexity index is 562. The van der Waals surface area contributed by atoms with Crippen LogP contribution >= 0.6 is 11.3 Å². The first-order valence-electron chi connectivity index (χ1n) is 6.74. The first kappa shape index (κ1) is 14.7. The average molecular weight is 292 g/mol. The van der Waals surface area contributed by atoms with E-state index in [1.807, 2.05) is 37.2 Å². The number of hydrogen-bond acceptors (Lipinski definition) is 4. The summed E-state index contributed by atoms with van der Waals surface area (Å²) in [5.41, 5.74) is 2.15. The molecule has 0 aromatic carbocycles. The first-order valence-corrected chi connectivity index (χ1v) is 7.62. The monoisotopic (exact) mass is 292 g/mol. The standard InChI is InChI=1S/C14H20N4OS/c1-10(12-9-16-18(3)11(12)2)17-13(19)5-4-6-14-15-7-8-20-14/h7-10H,4-6H2,1-3H3,(H,17,19)/t10-/m1/s1. The minimum Gasteiger partial charge on any atom is -0.349 e. The maximum atomic E-state index is 11.9. The molecule has 20 heavy (non-hydrogen) atoms. The van der Waals surface area contributed by atoms with Crippen molar-refractivity contribution in [2.24, 2.45) is 7.05 Å². The van der Waals surface area contributed by atoms with Crippen LogP contribution in [0.4, 0.5) is 0 Å². The fraction of sp³-hybridized carbons (Fsp3) is 0.500. The molecular formula is C14H20N4OS. The lowest BCUT2D eigenvalue weighted by atomic mass is 10.1. The molecule has 1 atom stereocenters. The third-order valence-corrected chi connectivity index (χ3v) is 4.23.